The number of nitrogens with one attached hydrogen (secondary N) is 1. The first kappa shape index (κ1) is 15.4. The van der Waals surface area contributed by atoms with Crippen LogP contribution in [0.2, 0.25) is 0 Å². The summed E-state index contributed by atoms with van der Waals surface area (Å²) in [4.78, 5) is 13.3. The minimum Gasteiger partial charge on any atom is -0.375 e. The van der Waals surface area contributed by atoms with Gasteiger partial charge >= 0.3 is 0 Å². The van der Waals surface area contributed by atoms with Crippen LogP contribution in [0.3, 0.4) is 0 Å². The van der Waals surface area contributed by atoms with E-state index in [1.807, 2.05) is 4.90 Å². The quantitative estimate of drug-likeness (QED) is 0.813. The lowest BCUT2D eigenvalue weighted by molar-refractivity contribution is -0.137. The fraction of sp³-hybridized carbons (Fsp3) is 0.929. The second-order valence-corrected chi connectivity index (χ2v) is 6.36. The number of ether oxygens (including phenoxy) is 1. The number of hydrogen-bond donors (Lipinski definition) is 1. The first-order valence-corrected chi connectivity index (χ1v) is 6.91. The summed E-state index contributed by atoms with van der Waals surface area (Å²) in [5.74, 6) is 0.154. The standard InChI is InChI=1S/C14H28N2O2/c1-11(2)15-10-14(4,5)8-13-9-16(12(3)17)6-7-18-13/h11,13,15H,6-10H2,1-5H3. The second kappa shape index (κ2) is 6.53. The molecule has 0 aromatic rings. The molecule has 1 amide bonds. The molecule has 1 saturated heterocycles. The third-order valence-corrected chi connectivity index (χ3v) is 3.35. The van der Waals surface area contributed by atoms with Crippen LogP contribution < -0.4 is 5.32 Å². The fourth-order valence-electron chi connectivity index (χ4n) is 2.30. The highest BCUT2D eigenvalue weighted by molar-refractivity contribution is 5.73. The van der Waals surface area contributed by atoms with Gasteiger partial charge < -0.3 is 15.0 Å². The number of carbonyl (C=O) groups excluding carboxylic acids is 1. The predicted octanol–water partition coefficient (Wildman–Crippen LogP) is 1.65. The van der Waals surface area contributed by atoms with Crippen molar-refractivity contribution in [2.75, 3.05) is 26.2 Å². The van der Waals surface area contributed by atoms with Crippen molar-refractivity contribution in [1.29, 1.82) is 0 Å². The lowest BCUT2D eigenvalue weighted by Crippen LogP contribution is -2.47. The maximum atomic E-state index is 11.4. The first-order chi connectivity index (χ1) is 8.30. The first-order valence-electron chi connectivity index (χ1n) is 6.91. The summed E-state index contributed by atoms with van der Waals surface area (Å²) < 4.78 is 5.78. The average Bonchev–Trinajstić information content (AvgIpc) is 2.26. The van der Waals surface area contributed by atoms with Crippen molar-refractivity contribution in [3.8, 4) is 0 Å². The second-order valence-electron chi connectivity index (χ2n) is 6.36. The van der Waals surface area contributed by atoms with Crippen molar-refractivity contribution in [1.82, 2.24) is 10.2 Å². The van der Waals surface area contributed by atoms with E-state index in [-0.39, 0.29) is 17.4 Å². The van der Waals surface area contributed by atoms with Gasteiger partial charge in [0.05, 0.1) is 12.7 Å². The fourth-order valence-corrected chi connectivity index (χ4v) is 2.30. The zero-order chi connectivity index (χ0) is 13.8. The SMILES string of the molecule is CC(=O)N1CCOC(CC(C)(C)CNC(C)C)C1. The molecule has 1 aliphatic rings. The van der Waals surface area contributed by atoms with Crippen LogP contribution in [0.1, 0.15) is 41.0 Å². The largest absolute Gasteiger partial charge is 0.375 e. The molecular formula is C14H28N2O2. The molecule has 18 heavy (non-hydrogen) atoms. The molecule has 0 spiro atoms. The van der Waals surface area contributed by atoms with Crippen LogP contribution in [-0.4, -0.2) is 49.2 Å². The van der Waals surface area contributed by atoms with E-state index in [0.717, 1.165) is 26.1 Å². The summed E-state index contributed by atoms with van der Waals surface area (Å²) in [6, 6.07) is 0.505. The van der Waals surface area contributed by atoms with Crippen molar-refractivity contribution in [2.24, 2.45) is 5.41 Å². The topological polar surface area (TPSA) is 41.6 Å². The van der Waals surface area contributed by atoms with E-state index < -0.39 is 0 Å². The Bertz CT molecular complexity index is 277. The number of carbonyl (C=O) groups is 1. The Balaban J connectivity index is 2.42. The summed E-state index contributed by atoms with van der Waals surface area (Å²) in [6.45, 7) is 13.6. The molecule has 0 aliphatic carbocycles. The monoisotopic (exact) mass is 256 g/mol. The Hall–Kier alpha value is -0.610. The molecule has 106 valence electrons. The number of rotatable bonds is 5. The normalized spacial score (nSPS) is 21.4. The van der Waals surface area contributed by atoms with E-state index in [1.54, 1.807) is 6.92 Å². The molecule has 1 rings (SSSR count). The molecule has 4 nitrogen and oxygen atoms in total. The Kier molecular flexibility index (Phi) is 5.60. The smallest absolute Gasteiger partial charge is 0.219 e. The highest BCUT2D eigenvalue weighted by Crippen LogP contribution is 2.25. The Morgan fingerprint density at radius 1 is 1.50 bits per heavy atom. The number of amides is 1. The van der Waals surface area contributed by atoms with Gasteiger partial charge in [0, 0.05) is 32.6 Å². The van der Waals surface area contributed by atoms with Crippen molar-refractivity contribution >= 4 is 5.91 Å². The van der Waals surface area contributed by atoms with Crippen molar-refractivity contribution < 1.29 is 9.53 Å². The van der Waals surface area contributed by atoms with Gasteiger partial charge in [-0.05, 0) is 11.8 Å². The maximum Gasteiger partial charge on any atom is 0.219 e. The molecule has 1 atom stereocenters. The van der Waals surface area contributed by atoms with Crippen LogP contribution in [0, 0.1) is 5.41 Å². The zero-order valence-corrected chi connectivity index (χ0v) is 12.5. The van der Waals surface area contributed by atoms with Crippen LogP contribution >= 0.6 is 0 Å². The molecule has 1 N–H and O–H groups in total. The number of hydrogen-bond acceptors (Lipinski definition) is 3. The molecule has 0 aromatic carbocycles. The predicted molar refractivity (Wildman–Crippen MR) is 73.5 cm³/mol. The minimum absolute atomic E-state index is 0.154. The highest BCUT2D eigenvalue weighted by Gasteiger charge is 2.28. The van der Waals surface area contributed by atoms with E-state index in [1.165, 1.54) is 0 Å². The molecule has 1 fully saturated rings. The summed E-state index contributed by atoms with van der Waals surface area (Å²) in [5, 5.41) is 3.47. The van der Waals surface area contributed by atoms with Gasteiger partial charge in [-0.1, -0.05) is 27.7 Å². The summed E-state index contributed by atoms with van der Waals surface area (Å²) in [5.41, 5.74) is 0.189. The van der Waals surface area contributed by atoms with Gasteiger partial charge in [-0.3, -0.25) is 4.79 Å². The molecule has 1 heterocycles. The van der Waals surface area contributed by atoms with Gasteiger partial charge in [-0.15, -0.1) is 0 Å². The van der Waals surface area contributed by atoms with Gasteiger partial charge in [-0.25, -0.2) is 0 Å². The maximum absolute atomic E-state index is 11.4. The molecular weight excluding hydrogens is 228 g/mol. The van der Waals surface area contributed by atoms with Crippen LogP contribution in [0.4, 0.5) is 0 Å². The van der Waals surface area contributed by atoms with Crippen molar-refractivity contribution in [3.05, 3.63) is 0 Å². The van der Waals surface area contributed by atoms with Crippen LogP contribution in [0.15, 0.2) is 0 Å². The van der Waals surface area contributed by atoms with E-state index in [0.29, 0.717) is 12.6 Å². The van der Waals surface area contributed by atoms with Gasteiger partial charge in [0.2, 0.25) is 5.91 Å². The van der Waals surface area contributed by atoms with Gasteiger partial charge in [0.25, 0.3) is 0 Å². The summed E-state index contributed by atoms with van der Waals surface area (Å²) in [6.07, 6.45) is 1.16. The third kappa shape index (κ3) is 5.36. The molecule has 0 aromatic heterocycles. The lowest BCUT2D eigenvalue weighted by Gasteiger charge is -2.37. The van der Waals surface area contributed by atoms with Gasteiger partial charge in [0.15, 0.2) is 0 Å². The molecule has 1 aliphatic heterocycles. The Morgan fingerprint density at radius 2 is 2.17 bits per heavy atom. The zero-order valence-electron chi connectivity index (χ0n) is 12.5. The third-order valence-electron chi connectivity index (χ3n) is 3.35. The number of nitrogens with zero attached hydrogens (tertiary/aromatic N) is 1. The van der Waals surface area contributed by atoms with E-state index in [4.69, 9.17) is 4.74 Å². The summed E-state index contributed by atoms with van der Waals surface area (Å²) in [7, 11) is 0. The van der Waals surface area contributed by atoms with E-state index >= 15 is 0 Å². The average molecular weight is 256 g/mol. The van der Waals surface area contributed by atoms with Crippen molar-refractivity contribution in [2.45, 2.75) is 53.2 Å². The van der Waals surface area contributed by atoms with Gasteiger partial charge in [-0.2, -0.15) is 0 Å². The summed E-state index contributed by atoms with van der Waals surface area (Å²) >= 11 is 0. The highest BCUT2D eigenvalue weighted by atomic mass is 16.5. The lowest BCUT2D eigenvalue weighted by atomic mass is 9.86. The number of morpholine rings is 1. The van der Waals surface area contributed by atoms with Gasteiger partial charge in [0.1, 0.15) is 0 Å². The van der Waals surface area contributed by atoms with Crippen LogP contribution in [0.25, 0.3) is 0 Å². The molecule has 0 bridgehead atoms. The van der Waals surface area contributed by atoms with Crippen molar-refractivity contribution in [3.63, 3.8) is 0 Å². The van der Waals surface area contributed by atoms with E-state index in [2.05, 4.69) is 33.0 Å². The Labute approximate surface area is 111 Å². The molecule has 4 heteroatoms. The van der Waals surface area contributed by atoms with E-state index in [9.17, 15) is 4.79 Å². The van der Waals surface area contributed by atoms with Crippen LogP contribution in [-0.2, 0) is 9.53 Å². The molecule has 1 unspecified atom stereocenters. The van der Waals surface area contributed by atoms with Crippen LogP contribution in [0.5, 0.6) is 0 Å². The molecule has 0 saturated carbocycles. The minimum atomic E-state index is 0.154. The molecule has 0 radical (unpaired) electrons. The Morgan fingerprint density at radius 3 is 2.72 bits per heavy atom.